The van der Waals surface area contributed by atoms with Gasteiger partial charge in [0.1, 0.15) is 11.5 Å². The summed E-state index contributed by atoms with van der Waals surface area (Å²) in [5.41, 5.74) is 2.90. The number of benzene rings is 1. The van der Waals surface area contributed by atoms with E-state index in [4.69, 9.17) is 9.36 Å². The van der Waals surface area contributed by atoms with E-state index in [1.54, 1.807) is 11.1 Å². The van der Waals surface area contributed by atoms with Gasteiger partial charge in [-0.1, -0.05) is 19.0 Å². The molecule has 0 bridgehead atoms. The van der Waals surface area contributed by atoms with Crippen LogP contribution in [0.2, 0.25) is 0 Å². The maximum Gasteiger partial charge on any atom is 0.168 e. The standard InChI is InChI=1S/C18H22N2O4/c1-5-20-9-14(17-6-11(4)19-23-17)18(24-20)13-7-12(10(2)3)15(21)8-16(13)22/h6-8,10,21-22H,5,9H2,1-4H3. The summed E-state index contributed by atoms with van der Waals surface area (Å²) in [6.07, 6.45) is 0. The van der Waals surface area contributed by atoms with Crippen LogP contribution in [-0.4, -0.2) is 33.5 Å². The topological polar surface area (TPSA) is 79.0 Å². The minimum Gasteiger partial charge on any atom is -0.508 e. The van der Waals surface area contributed by atoms with Gasteiger partial charge in [-0.15, -0.1) is 5.06 Å². The molecule has 0 unspecified atom stereocenters. The predicted octanol–water partition coefficient (Wildman–Crippen LogP) is 3.65. The molecule has 0 atom stereocenters. The second-order valence-corrected chi connectivity index (χ2v) is 6.27. The van der Waals surface area contributed by atoms with E-state index in [0.717, 1.165) is 16.8 Å². The number of hydrogen-bond acceptors (Lipinski definition) is 6. The van der Waals surface area contributed by atoms with Crippen LogP contribution < -0.4 is 0 Å². The highest BCUT2D eigenvalue weighted by Crippen LogP contribution is 2.41. The van der Waals surface area contributed by atoms with E-state index in [0.29, 0.717) is 30.2 Å². The summed E-state index contributed by atoms with van der Waals surface area (Å²) in [7, 11) is 0. The minimum absolute atomic E-state index is 0.0291. The van der Waals surface area contributed by atoms with E-state index >= 15 is 0 Å². The van der Waals surface area contributed by atoms with E-state index in [2.05, 4.69) is 5.16 Å². The zero-order chi connectivity index (χ0) is 17.4. The van der Waals surface area contributed by atoms with Gasteiger partial charge in [0, 0.05) is 18.7 Å². The molecule has 0 amide bonds. The summed E-state index contributed by atoms with van der Waals surface area (Å²) < 4.78 is 5.39. The van der Waals surface area contributed by atoms with Gasteiger partial charge >= 0.3 is 0 Å². The number of hydrogen-bond donors (Lipinski definition) is 2. The third-order valence-electron chi connectivity index (χ3n) is 4.12. The molecule has 0 saturated heterocycles. The number of phenols is 2. The number of likely N-dealkylation sites (N-methyl/N-ethyl adjacent to an activating group) is 1. The van der Waals surface area contributed by atoms with Crippen molar-refractivity contribution in [3.8, 4) is 11.5 Å². The quantitative estimate of drug-likeness (QED) is 0.891. The molecule has 1 aromatic heterocycles. The Bertz CT molecular complexity index is 792. The van der Waals surface area contributed by atoms with Crippen molar-refractivity contribution in [3.63, 3.8) is 0 Å². The van der Waals surface area contributed by atoms with Gasteiger partial charge in [0.25, 0.3) is 0 Å². The highest BCUT2D eigenvalue weighted by atomic mass is 16.7. The molecule has 2 N–H and O–H groups in total. The van der Waals surface area contributed by atoms with Crippen molar-refractivity contribution in [2.75, 3.05) is 13.1 Å². The monoisotopic (exact) mass is 330 g/mol. The average molecular weight is 330 g/mol. The molecule has 0 radical (unpaired) electrons. The molecule has 6 nitrogen and oxygen atoms in total. The van der Waals surface area contributed by atoms with Crippen LogP contribution in [0.25, 0.3) is 11.3 Å². The number of hydroxylamine groups is 2. The Labute approximate surface area is 140 Å². The largest absolute Gasteiger partial charge is 0.508 e. The lowest BCUT2D eigenvalue weighted by Gasteiger charge is -2.16. The predicted molar refractivity (Wildman–Crippen MR) is 90.2 cm³/mol. The van der Waals surface area contributed by atoms with Crippen molar-refractivity contribution >= 4 is 11.3 Å². The zero-order valence-electron chi connectivity index (χ0n) is 14.3. The van der Waals surface area contributed by atoms with Crippen molar-refractivity contribution in [3.05, 3.63) is 40.8 Å². The van der Waals surface area contributed by atoms with Gasteiger partial charge in [0.2, 0.25) is 0 Å². The van der Waals surface area contributed by atoms with Gasteiger partial charge in [-0.05, 0) is 31.4 Å². The molecular weight excluding hydrogens is 308 g/mol. The molecule has 1 aliphatic heterocycles. The smallest absolute Gasteiger partial charge is 0.168 e. The van der Waals surface area contributed by atoms with E-state index < -0.39 is 0 Å². The Morgan fingerprint density at radius 2 is 1.96 bits per heavy atom. The summed E-state index contributed by atoms with van der Waals surface area (Å²) in [4.78, 5) is 5.91. The SMILES string of the molecule is CCN1CC(c2cc(C)no2)=C(c2cc(C(C)C)c(O)cc2O)O1. The first-order valence-electron chi connectivity index (χ1n) is 8.06. The van der Waals surface area contributed by atoms with Crippen LogP contribution >= 0.6 is 0 Å². The van der Waals surface area contributed by atoms with E-state index in [-0.39, 0.29) is 17.4 Å². The Hall–Kier alpha value is -2.47. The lowest BCUT2D eigenvalue weighted by Crippen LogP contribution is -2.18. The third-order valence-corrected chi connectivity index (χ3v) is 4.12. The molecule has 0 fully saturated rings. The molecular formula is C18H22N2O4. The first-order chi connectivity index (χ1) is 11.4. The molecule has 0 aliphatic carbocycles. The van der Waals surface area contributed by atoms with E-state index in [1.165, 1.54) is 6.07 Å². The summed E-state index contributed by atoms with van der Waals surface area (Å²) in [5, 5.41) is 26.1. The normalized spacial score (nSPS) is 15.4. The van der Waals surface area contributed by atoms with E-state index in [9.17, 15) is 10.2 Å². The van der Waals surface area contributed by atoms with Gasteiger partial charge in [-0.2, -0.15) is 0 Å². The zero-order valence-corrected chi connectivity index (χ0v) is 14.3. The fourth-order valence-electron chi connectivity index (χ4n) is 2.79. The first kappa shape index (κ1) is 16.4. The Kier molecular flexibility index (Phi) is 4.24. The minimum atomic E-state index is -0.0291. The van der Waals surface area contributed by atoms with Crippen molar-refractivity contribution < 1.29 is 19.6 Å². The second kappa shape index (κ2) is 6.20. The number of nitrogens with zero attached hydrogens (tertiary/aromatic N) is 2. The third kappa shape index (κ3) is 2.85. The van der Waals surface area contributed by atoms with Crippen LogP contribution in [0.4, 0.5) is 0 Å². The van der Waals surface area contributed by atoms with Gasteiger partial charge in [-0.25, -0.2) is 0 Å². The Morgan fingerprint density at radius 3 is 2.54 bits per heavy atom. The van der Waals surface area contributed by atoms with Crippen molar-refractivity contribution in [2.45, 2.75) is 33.6 Å². The molecule has 0 spiro atoms. The van der Waals surface area contributed by atoms with Crippen LogP contribution in [0.5, 0.6) is 11.5 Å². The lowest BCUT2D eigenvalue weighted by atomic mass is 9.96. The van der Waals surface area contributed by atoms with Gasteiger partial charge in [0.15, 0.2) is 11.5 Å². The summed E-state index contributed by atoms with van der Waals surface area (Å²) >= 11 is 0. The van der Waals surface area contributed by atoms with E-state index in [1.807, 2.05) is 33.8 Å². The fraction of sp³-hybridized carbons (Fsp3) is 0.389. The number of aromatic nitrogens is 1. The second-order valence-electron chi connectivity index (χ2n) is 6.27. The van der Waals surface area contributed by atoms with Crippen molar-refractivity contribution in [1.82, 2.24) is 10.2 Å². The van der Waals surface area contributed by atoms with Gasteiger partial charge in [0.05, 0.1) is 23.4 Å². The summed E-state index contributed by atoms with van der Waals surface area (Å²) in [6, 6.07) is 4.98. The highest BCUT2D eigenvalue weighted by molar-refractivity contribution is 5.90. The fourth-order valence-corrected chi connectivity index (χ4v) is 2.79. The molecule has 6 heteroatoms. The average Bonchev–Trinajstić information content (AvgIpc) is 3.13. The maximum atomic E-state index is 10.3. The van der Waals surface area contributed by atoms with Gasteiger partial charge in [-0.3, -0.25) is 0 Å². The van der Waals surface area contributed by atoms with Crippen molar-refractivity contribution in [2.24, 2.45) is 0 Å². The summed E-state index contributed by atoms with van der Waals surface area (Å²) in [6.45, 7) is 9.05. The number of rotatable bonds is 4. The molecule has 24 heavy (non-hydrogen) atoms. The summed E-state index contributed by atoms with van der Waals surface area (Å²) in [5.74, 6) is 1.32. The molecule has 2 heterocycles. The maximum absolute atomic E-state index is 10.3. The van der Waals surface area contributed by atoms with Crippen LogP contribution in [0, 0.1) is 6.92 Å². The Balaban J connectivity index is 2.15. The lowest BCUT2D eigenvalue weighted by molar-refractivity contribution is -0.0557. The molecule has 2 aromatic rings. The van der Waals surface area contributed by atoms with Crippen LogP contribution in [-0.2, 0) is 4.84 Å². The molecule has 3 rings (SSSR count). The van der Waals surface area contributed by atoms with Crippen LogP contribution in [0.3, 0.4) is 0 Å². The number of aromatic hydroxyl groups is 2. The highest BCUT2D eigenvalue weighted by Gasteiger charge is 2.30. The molecule has 0 saturated carbocycles. The van der Waals surface area contributed by atoms with Crippen LogP contribution in [0.15, 0.2) is 22.7 Å². The van der Waals surface area contributed by atoms with Gasteiger partial charge < -0.3 is 19.6 Å². The van der Waals surface area contributed by atoms with Crippen molar-refractivity contribution in [1.29, 1.82) is 0 Å². The number of phenolic OH excluding ortho intramolecular Hbond substituents is 2. The van der Waals surface area contributed by atoms with Crippen LogP contribution in [0.1, 0.15) is 49.3 Å². The molecule has 128 valence electrons. The Morgan fingerprint density at radius 1 is 1.21 bits per heavy atom. The number of aryl methyl sites for hydroxylation is 1. The molecule has 1 aliphatic rings. The molecule has 1 aromatic carbocycles. The first-order valence-corrected chi connectivity index (χ1v) is 8.06.